The molecule has 2 aromatic rings. The second-order valence-corrected chi connectivity index (χ2v) is 5.10. The molecule has 2 heterocycles. The molecular weight excluding hydrogens is 269 g/mol. The number of carbonyl (C=O) groups is 1. The van der Waals surface area contributed by atoms with Gasteiger partial charge in [0.05, 0.1) is 0 Å². The summed E-state index contributed by atoms with van der Waals surface area (Å²) in [5.74, 6) is -0.630. The van der Waals surface area contributed by atoms with E-state index in [0.29, 0.717) is 11.6 Å². The molecule has 1 aromatic carbocycles. The van der Waals surface area contributed by atoms with Crippen LogP contribution in [0.2, 0.25) is 0 Å². The molecule has 0 radical (unpaired) electrons. The highest BCUT2D eigenvalue weighted by Crippen LogP contribution is 2.23. The molecule has 3 rings (SSSR count). The van der Waals surface area contributed by atoms with Crippen molar-refractivity contribution in [3.05, 3.63) is 59.7 Å². The number of anilines is 1. The number of carbonyl (C=O) groups excluding carboxylic acids is 1. The lowest BCUT2D eigenvalue weighted by Gasteiger charge is -2.10. The highest BCUT2D eigenvalue weighted by molar-refractivity contribution is 6.02. The molecule has 2 N–H and O–H groups in total. The first kappa shape index (κ1) is 13.7. The first-order chi connectivity index (χ1) is 10.2. The molecule has 0 bridgehead atoms. The third kappa shape index (κ3) is 3.08. The third-order valence-corrected chi connectivity index (χ3v) is 3.67. The number of rotatable bonds is 3. The van der Waals surface area contributed by atoms with Crippen molar-refractivity contribution in [2.75, 3.05) is 18.4 Å². The van der Waals surface area contributed by atoms with E-state index in [1.54, 1.807) is 0 Å². The Morgan fingerprint density at radius 2 is 2.10 bits per heavy atom. The van der Waals surface area contributed by atoms with E-state index in [2.05, 4.69) is 15.6 Å². The van der Waals surface area contributed by atoms with E-state index in [4.69, 9.17) is 0 Å². The zero-order chi connectivity index (χ0) is 14.7. The van der Waals surface area contributed by atoms with E-state index in [1.807, 2.05) is 24.3 Å². The Morgan fingerprint density at radius 1 is 1.29 bits per heavy atom. The quantitative estimate of drug-likeness (QED) is 0.911. The number of hydrogen-bond acceptors (Lipinski definition) is 3. The van der Waals surface area contributed by atoms with Gasteiger partial charge in [0.15, 0.2) is 11.5 Å². The van der Waals surface area contributed by atoms with Gasteiger partial charge in [-0.2, -0.15) is 0 Å². The third-order valence-electron chi connectivity index (χ3n) is 3.67. The first-order valence-corrected chi connectivity index (χ1v) is 6.96. The summed E-state index contributed by atoms with van der Waals surface area (Å²) in [4.78, 5) is 15.7. The van der Waals surface area contributed by atoms with Gasteiger partial charge in [0.25, 0.3) is 5.91 Å². The number of benzene rings is 1. The van der Waals surface area contributed by atoms with Crippen LogP contribution in [0.5, 0.6) is 0 Å². The average molecular weight is 285 g/mol. The lowest BCUT2D eigenvalue weighted by molar-refractivity contribution is 0.101. The van der Waals surface area contributed by atoms with E-state index in [0.717, 1.165) is 19.5 Å². The van der Waals surface area contributed by atoms with Gasteiger partial charge in [-0.05, 0) is 48.7 Å². The Balaban J connectivity index is 1.70. The van der Waals surface area contributed by atoms with Crippen molar-refractivity contribution in [2.24, 2.45) is 0 Å². The molecule has 1 fully saturated rings. The van der Waals surface area contributed by atoms with Gasteiger partial charge in [-0.25, -0.2) is 9.37 Å². The fraction of sp³-hybridized carbons (Fsp3) is 0.250. The van der Waals surface area contributed by atoms with Crippen LogP contribution in [-0.4, -0.2) is 24.0 Å². The van der Waals surface area contributed by atoms with Crippen molar-refractivity contribution in [3.8, 4) is 0 Å². The van der Waals surface area contributed by atoms with E-state index in [9.17, 15) is 9.18 Å². The van der Waals surface area contributed by atoms with Gasteiger partial charge in [0, 0.05) is 18.4 Å². The minimum atomic E-state index is -0.622. The molecule has 1 saturated heterocycles. The lowest BCUT2D eigenvalue weighted by atomic mass is 9.98. The van der Waals surface area contributed by atoms with E-state index in [1.165, 1.54) is 23.9 Å². The van der Waals surface area contributed by atoms with Crippen LogP contribution in [0.15, 0.2) is 42.6 Å². The van der Waals surface area contributed by atoms with Gasteiger partial charge >= 0.3 is 0 Å². The zero-order valence-electron chi connectivity index (χ0n) is 11.5. The van der Waals surface area contributed by atoms with Crippen molar-refractivity contribution in [1.82, 2.24) is 10.3 Å². The highest BCUT2D eigenvalue weighted by Gasteiger charge is 2.17. The fourth-order valence-corrected chi connectivity index (χ4v) is 2.52. The second-order valence-electron chi connectivity index (χ2n) is 5.10. The summed E-state index contributed by atoms with van der Waals surface area (Å²) in [5.41, 5.74) is 1.70. The number of nitrogens with one attached hydrogen (secondary N) is 2. The van der Waals surface area contributed by atoms with Crippen LogP contribution in [0.25, 0.3) is 0 Å². The summed E-state index contributed by atoms with van der Waals surface area (Å²) >= 11 is 0. The largest absolute Gasteiger partial charge is 0.321 e. The molecule has 1 amide bonds. The predicted octanol–water partition coefficient (Wildman–Crippen LogP) is 2.55. The predicted molar refractivity (Wildman–Crippen MR) is 78.8 cm³/mol. The van der Waals surface area contributed by atoms with Gasteiger partial charge in [-0.3, -0.25) is 4.79 Å². The molecule has 4 nitrogen and oxygen atoms in total. The molecule has 5 heteroatoms. The normalized spacial score (nSPS) is 17.7. The van der Waals surface area contributed by atoms with Gasteiger partial charge < -0.3 is 10.6 Å². The fourth-order valence-electron chi connectivity index (χ4n) is 2.52. The SMILES string of the molecule is O=C(Nc1ccc([C@H]2CCNC2)cc1)c1ncccc1F. The molecule has 0 unspecified atom stereocenters. The summed E-state index contributed by atoms with van der Waals surface area (Å²) in [7, 11) is 0. The van der Waals surface area contributed by atoms with Crippen LogP contribution in [0, 0.1) is 5.82 Å². The van der Waals surface area contributed by atoms with Gasteiger partial charge in [-0.15, -0.1) is 0 Å². The van der Waals surface area contributed by atoms with Crippen LogP contribution >= 0.6 is 0 Å². The molecular formula is C16H16FN3O. The molecule has 21 heavy (non-hydrogen) atoms. The summed E-state index contributed by atoms with van der Waals surface area (Å²) < 4.78 is 13.5. The summed E-state index contributed by atoms with van der Waals surface area (Å²) in [5, 5.41) is 5.99. The van der Waals surface area contributed by atoms with E-state index < -0.39 is 11.7 Å². The first-order valence-electron chi connectivity index (χ1n) is 6.96. The molecule has 108 valence electrons. The summed E-state index contributed by atoms with van der Waals surface area (Å²) in [6, 6.07) is 10.4. The van der Waals surface area contributed by atoms with Crippen LogP contribution in [0.1, 0.15) is 28.4 Å². The van der Waals surface area contributed by atoms with Crippen molar-refractivity contribution in [3.63, 3.8) is 0 Å². The number of hydrogen-bond donors (Lipinski definition) is 2. The van der Waals surface area contributed by atoms with Gasteiger partial charge in [0.1, 0.15) is 0 Å². The molecule has 0 spiro atoms. The summed E-state index contributed by atoms with van der Waals surface area (Å²) in [6.07, 6.45) is 2.53. The number of amides is 1. The molecule has 0 saturated carbocycles. The number of nitrogens with zero attached hydrogens (tertiary/aromatic N) is 1. The number of halogens is 1. The summed E-state index contributed by atoms with van der Waals surface area (Å²) in [6.45, 7) is 2.03. The maximum absolute atomic E-state index is 13.5. The van der Waals surface area contributed by atoms with E-state index >= 15 is 0 Å². The van der Waals surface area contributed by atoms with Crippen LogP contribution in [-0.2, 0) is 0 Å². The highest BCUT2D eigenvalue weighted by atomic mass is 19.1. The average Bonchev–Trinajstić information content (AvgIpc) is 3.02. The smallest absolute Gasteiger partial charge is 0.277 e. The number of pyridine rings is 1. The van der Waals surface area contributed by atoms with Crippen molar-refractivity contribution in [1.29, 1.82) is 0 Å². The minimum Gasteiger partial charge on any atom is -0.321 e. The second kappa shape index (κ2) is 6.01. The van der Waals surface area contributed by atoms with Gasteiger partial charge in [-0.1, -0.05) is 12.1 Å². The topological polar surface area (TPSA) is 54.0 Å². The van der Waals surface area contributed by atoms with E-state index in [-0.39, 0.29) is 5.69 Å². The molecule has 1 aliphatic heterocycles. The Labute approximate surface area is 122 Å². The molecule has 0 aliphatic carbocycles. The lowest BCUT2D eigenvalue weighted by Crippen LogP contribution is -2.15. The van der Waals surface area contributed by atoms with Crippen molar-refractivity contribution >= 4 is 11.6 Å². The van der Waals surface area contributed by atoms with Gasteiger partial charge in [0.2, 0.25) is 0 Å². The van der Waals surface area contributed by atoms with Crippen LogP contribution < -0.4 is 10.6 Å². The maximum Gasteiger partial charge on any atom is 0.277 e. The molecule has 1 atom stereocenters. The Kier molecular flexibility index (Phi) is 3.92. The van der Waals surface area contributed by atoms with Crippen LogP contribution in [0.4, 0.5) is 10.1 Å². The molecule has 1 aliphatic rings. The van der Waals surface area contributed by atoms with Crippen molar-refractivity contribution < 1.29 is 9.18 Å². The zero-order valence-corrected chi connectivity index (χ0v) is 11.5. The number of aromatic nitrogens is 1. The minimum absolute atomic E-state index is 0.193. The monoisotopic (exact) mass is 285 g/mol. The van der Waals surface area contributed by atoms with Crippen molar-refractivity contribution in [2.45, 2.75) is 12.3 Å². The molecule has 1 aromatic heterocycles. The Hall–Kier alpha value is -2.27. The van der Waals surface area contributed by atoms with Crippen LogP contribution in [0.3, 0.4) is 0 Å². The standard InChI is InChI=1S/C16H16FN3O/c17-14-2-1-8-19-15(14)16(21)20-13-5-3-11(4-6-13)12-7-9-18-10-12/h1-6,8,12,18H,7,9-10H2,(H,20,21)/t12-/m0/s1. The maximum atomic E-state index is 13.5. The Bertz CT molecular complexity index is 636. The Morgan fingerprint density at radius 3 is 2.76 bits per heavy atom.